The number of hydrogen-bond acceptors (Lipinski definition) is 5. The van der Waals surface area contributed by atoms with E-state index in [4.69, 9.17) is 10.00 Å². The number of carbonyl (C=O) groups is 1. The first-order valence-corrected chi connectivity index (χ1v) is 9.17. The van der Waals surface area contributed by atoms with Crippen molar-refractivity contribution >= 4 is 11.6 Å². The van der Waals surface area contributed by atoms with Gasteiger partial charge in [-0.25, -0.2) is 4.98 Å². The van der Waals surface area contributed by atoms with Crippen LogP contribution in [0.3, 0.4) is 0 Å². The van der Waals surface area contributed by atoms with Crippen LogP contribution in [-0.4, -0.2) is 48.6 Å². The highest BCUT2D eigenvalue weighted by molar-refractivity contribution is 5.80. The number of aromatic nitrogens is 1. The van der Waals surface area contributed by atoms with Gasteiger partial charge in [-0.1, -0.05) is 6.92 Å². The normalized spacial score (nSPS) is 19.8. The Kier molecular flexibility index (Phi) is 5.87. The highest BCUT2D eigenvalue weighted by Crippen LogP contribution is 2.29. The first-order valence-electron chi connectivity index (χ1n) is 9.17. The van der Waals surface area contributed by atoms with Crippen LogP contribution >= 0.6 is 0 Å². The summed E-state index contributed by atoms with van der Waals surface area (Å²) in [7, 11) is 0. The Balaban J connectivity index is 1.63. The minimum atomic E-state index is -0.0302. The van der Waals surface area contributed by atoms with Gasteiger partial charge in [0, 0.05) is 32.8 Å². The van der Waals surface area contributed by atoms with Crippen LogP contribution in [0.5, 0.6) is 0 Å². The van der Waals surface area contributed by atoms with Crippen LogP contribution in [0.1, 0.15) is 31.9 Å². The third-order valence-corrected chi connectivity index (χ3v) is 5.40. The Morgan fingerprint density at radius 3 is 2.80 bits per heavy atom. The van der Waals surface area contributed by atoms with Crippen molar-refractivity contribution < 1.29 is 9.53 Å². The quantitative estimate of drug-likeness (QED) is 0.858. The van der Waals surface area contributed by atoms with E-state index >= 15 is 0 Å². The number of anilines is 1. The van der Waals surface area contributed by atoms with E-state index in [1.165, 1.54) is 0 Å². The zero-order valence-corrected chi connectivity index (χ0v) is 14.8. The van der Waals surface area contributed by atoms with E-state index in [1.807, 2.05) is 17.0 Å². The second-order valence-electron chi connectivity index (χ2n) is 7.00. The molecule has 1 aromatic heterocycles. The lowest BCUT2D eigenvalue weighted by Gasteiger charge is -2.42. The summed E-state index contributed by atoms with van der Waals surface area (Å²) in [4.78, 5) is 19.1. The molecule has 0 saturated carbocycles. The van der Waals surface area contributed by atoms with Crippen molar-refractivity contribution in [2.24, 2.45) is 17.8 Å². The number of amides is 1. The van der Waals surface area contributed by atoms with E-state index in [9.17, 15) is 4.79 Å². The zero-order chi connectivity index (χ0) is 17.6. The van der Waals surface area contributed by atoms with Crippen LogP contribution in [0, 0.1) is 29.1 Å². The van der Waals surface area contributed by atoms with Crippen molar-refractivity contribution in [1.82, 2.24) is 9.88 Å². The number of carbonyl (C=O) groups excluding carboxylic acids is 1. The van der Waals surface area contributed by atoms with Gasteiger partial charge in [0.05, 0.1) is 17.8 Å². The molecule has 1 atom stereocenters. The summed E-state index contributed by atoms with van der Waals surface area (Å²) in [6.45, 7) is 6.06. The molecule has 1 N–H and O–H groups in total. The third kappa shape index (κ3) is 4.29. The number of ether oxygens (including phenoxy) is 1. The molecule has 6 heteroatoms. The molecule has 0 spiro atoms. The van der Waals surface area contributed by atoms with Gasteiger partial charge in [-0.05, 0) is 43.2 Å². The number of pyridine rings is 1. The number of nitrogens with one attached hydrogen (secondary N) is 1. The van der Waals surface area contributed by atoms with Crippen molar-refractivity contribution in [2.45, 2.75) is 26.2 Å². The van der Waals surface area contributed by atoms with E-state index in [-0.39, 0.29) is 11.8 Å². The van der Waals surface area contributed by atoms with Crippen molar-refractivity contribution in [3.05, 3.63) is 24.0 Å². The highest BCUT2D eigenvalue weighted by Gasteiger charge is 2.37. The van der Waals surface area contributed by atoms with Gasteiger partial charge < -0.3 is 15.0 Å². The minimum Gasteiger partial charge on any atom is -0.383 e. The van der Waals surface area contributed by atoms with Gasteiger partial charge in [0.2, 0.25) is 5.91 Å². The zero-order valence-electron chi connectivity index (χ0n) is 14.8. The Labute approximate surface area is 149 Å². The second kappa shape index (κ2) is 8.30. The maximum atomic E-state index is 13.0. The molecular weight excluding hydrogens is 316 g/mol. The summed E-state index contributed by atoms with van der Waals surface area (Å²) in [5, 5.41) is 12.2. The van der Waals surface area contributed by atoms with E-state index < -0.39 is 0 Å². The Morgan fingerprint density at radius 1 is 1.44 bits per heavy atom. The van der Waals surface area contributed by atoms with E-state index in [0.717, 1.165) is 51.3 Å². The van der Waals surface area contributed by atoms with Gasteiger partial charge in [0.25, 0.3) is 0 Å². The lowest BCUT2D eigenvalue weighted by Crippen LogP contribution is -2.54. The van der Waals surface area contributed by atoms with Gasteiger partial charge in [0.1, 0.15) is 11.8 Å². The molecule has 2 aliphatic heterocycles. The third-order valence-electron chi connectivity index (χ3n) is 5.40. The average molecular weight is 342 g/mol. The summed E-state index contributed by atoms with van der Waals surface area (Å²) in [6, 6.07) is 5.55. The molecule has 1 aromatic rings. The first-order chi connectivity index (χ1) is 12.2. The molecule has 0 aromatic carbocycles. The molecule has 0 bridgehead atoms. The molecule has 2 aliphatic rings. The summed E-state index contributed by atoms with van der Waals surface area (Å²) >= 11 is 0. The standard InChI is InChI=1S/C19H26N4O2/c1-2-14-12-23(13-14)19(24)18(15-5-7-25-8-6-15)11-22-17-4-3-16(9-20)21-10-17/h3-4,10,14-15,18,22H,2,5-8,11-13H2,1H3. The maximum absolute atomic E-state index is 13.0. The maximum Gasteiger partial charge on any atom is 0.227 e. The molecule has 134 valence electrons. The van der Waals surface area contributed by atoms with Gasteiger partial charge in [-0.2, -0.15) is 5.26 Å². The largest absolute Gasteiger partial charge is 0.383 e. The van der Waals surface area contributed by atoms with E-state index in [1.54, 1.807) is 12.3 Å². The first kappa shape index (κ1) is 17.7. The fourth-order valence-corrected chi connectivity index (χ4v) is 3.61. The van der Waals surface area contributed by atoms with Gasteiger partial charge in [-0.3, -0.25) is 4.79 Å². The molecule has 1 unspecified atom stereocenters. The van der Waals surface area contributed by atoms with Gasteiger partial charge in [-0.15, -0.1) is 0 Å². The van der Waals surface area contributed by atoms with Crippen molar-refractivity contribution in [3.63, 3.8) is 0 Å². The molecule has 3 heterocycles. The number of likely N-dealkylation sites (tertiary alicyclic amines) is 1. The molecule has 0 radical (unpaired) electrons. The minimum absolute atomic E-state index is 0.0302. The molecule has 6 nitrogen and oxygen atoms in total. The Morgan fingerprint density at radius 2 is 2.20 bits per heavy atom. The summed E-state index contributed by atoms with van der Waals surface area (Å²) in [6.07, 6.45) is 4.67. The summed E-state index contributed by atoms with van der Waals surface area (Å²) in [5.41, 5.74) is 1.24. The van der Waals surface area contributed by atoms with Gasteiger partial charge in [0.15, 0.2) is 0 Å². The fraction of sp³-hybridized carbons (Fsp3) is 0.632. The number of nitriles is 1. The SMILES string of the molecule is CCC1CN(C(=O)C(CNc2ccc(C#N)nc2)C2CCOCC2)C1. The predicted molar refractivity (Wildman–Crippen MR) is 94.8 cm³/mol. The molecule has 2 saturated heterocycles. The number of rotatable bonds is 6. The Hall–Kier alpha value is -2.13. The average Bonchev–Trinajstić information content (AvgIpc) is 2.62. The van der Waals surface area contributed by atoms with Crippen LogP contribution in [0.25, 0.3) is 0 Å². The van der Waals surface area contributed by atoms with E-state index in [0.29, 0.717) is 24.1 Å². The van der Waals surface area contributed by atoms with E-state index in [2.05, 4.69) is 17.2 Å². The van der Waals surface area contributed by atoms with Crippen LogP contribution in [0.2, 0.25) is 0 Å². The fourth-order valence-electron chi connectivity index (χ4n) is 3.61. The Bertz CT molecular complexity index is 613. The lowest BCUT2D eigenvalue weighted by molar-refractivity contribution is -0.144. The smallest absolute Gasteiger partial charge is 0.227 e. The highest BCUT2D eigenvalue weighted by atomic mass is 16.5. The van der Waals surface area contributed by atoms with Crippen LogP contribution in [-0.2, 0) is 9.53 Å². The van der Waals surface area contributed by atoms with Gasteiger partial charge >= 0.3 is 0 Å². The van der Waals surface area contributed by atoms with Crippen molar-refractivity contribution in [3.8, 4) is 6.07 Å². The number of hydrogen-bond donors (Lipinski definition) is 1. The second-order valence-corrected chi connectivity index (χ2v) is 7.00. The number of nitrogens with zero attached hydrogens (tertiary/aromatic N) is 3. The summed E-state index contributed by atoms with van der Waals surface area (Å²) < 4.78 is 5.47. The molecular formula is C19H26N4O2. The van der Waals surface area contributed by atoms with Crippen molar-refractivity contribution in [2.75, 3.05) is 38.2 Å². The van der Waals surface area contributed by atoms with Crippen LogP contribution < -0.4 is 5.32 Å². The molecule has 25 heavy (non-hydrogen) atoms. The van der Waals surface area contributed by atoms with Crippen LogP contribution in [0.15, 0.2) is 18.3 Å². The summed E-state index contributed by atoms with van der Waals surface area (Å²) in [5.74, 6) is 1.26. The lowest BCUT2D eigenvalue weighted by atomic mass is 9.83. The predicted octanol–water partition coefficient (Wildman–Crippen LogP) is 2.28. The molecule has 0 aliphatic carbocycles. The topological polar surface area (TPSA) is 78.3 Å². The monoisotopic (exact) mass is 342 g/mol. The molecule has 2 fully saturated rings. The molecule has 1 amide bonds. The van der Waals surface area contributed by atoms with Crippen molar-refractivity contribution in [1.29, 1.82) is 5.26 Å². The molecule has 3 rings (SSSR count). The van der Waals surface area contributed by atoms with Crippen LogP contribution in [0.4, 0.5) is 5.69 Å².